The van der Waals surface area contributed by atoms with Crippen molar-refractivity contribution in [3.8, 4) is 0 Å². The number of hydrogen-bond acceptors (Lipinski definition) is 3. The van der Waals surface area contributed by atoms with Gasteiger partial charge in [-0.05, 0) is 38.5 Å². The van der Waals surface area contributed by atoms with Crippen LogP contribution in [0.25, 0.3) is 0 Å². The van der Waals surface area contributed by atoms with Crippen LogP contribution in [0, 0.1) is 5.92 Å². The lowest BCUT2D eigenvalue weighted by atomic mass is 10.0. The molecule has 6 heteroatoms. The summed E-state index contributed by atoms with van der Waals surface area (Å²) >= 11 is 0. The van der Waals surface area contributed by atoms with Crippen molar-refractivity contribution in [2.24, 2.45) is 10.9 Å². The molecule has 0 aliphatic carbocycles. The fourth-order valence-electron chi connectivity index (χ4n) is 3.11. The Morgan fingerprint density at radius 2 is 2.00 bits per heavy atom. The molecule has 6 nitrogen and oxygen atoms in total. The number of hydrogen-bond donors (Lipinski definition) is 2. The lowest BCUT2D eigenvalue weighted by Crippen LogP contribution is -2.43. The molecule has 1 atom stereocenters. The summed E-state index contributed by atoms with van der Waals surface area (Å²) in [7, 11) is 1.83. The summed E-state index contributed by atoms with van der Waals surface area (Å²) in [5.41, 5.74) is 0. The third-order valence-corrected chi connectivity index (χ3v) is 4.61. The number of rotatable bonds is 7. The number of guanidine groups is 1. The van der Waals surface area contributed by atoms with Gasteiger partial charge in [0.2, 0.25) is 0 Å². The molecular weight excluding hydrogens is 300 g/mol. The van der Waals surface area contributed by atoms with E-state index in [0.717, 1.165) is 55.9 Å². The van der Waals surface area contributed by atoms with Gasteiger partial charge < -0.3 is 15.2 Å². The minimum atomic E-state index is 0.433. The predicted octanol–water partition coefficient (Wildman–Crippen LogP) is 2.54. The molecule has 0 aromatic carbocycles. The fourth-order valence-corrected chi connectivity index (χ4v) is 3.11. The Labute approximate surface area is 146 Å². The standard InChI is InChI=1S/C18H34N6/c1-14(2)9-10-15(3)21-18(19-4)20-12-11-17-23-22-16-8-6-5-7-13-24(16)17/h14-15H,5-13H2,1-4H3,(H2,19,20,21). The van der Waals surface area contributed by atoms with Gasteiger partial charge in [0.1, 0.15) is 11.6 Å². The average Bonchev–Trinajstić information content (AvgIpc) is 2.79. The molecule has 0 saturated carbocycles. The van der Waals surface area contributed by atoms with E-state index in [-0.39, 0.29) is 0 Å². The van der Waals surface area contributed by atoms with Crippen LogP contribution in [0.3, 0.4) is 0 Å². The molecule has 136 valence electrons. The third kappa shape index (κ3) is 5.80. The Kier molecular flexibility index (Phi) is 7.53. The molecule has 1 aliphatic rings. The van der Waals surface area contributed by atoms with Crippen LogP contribution in [-0.4, -0.2) is 40.4 Å². The first kappa shape index (κ1) is 18.7. The van der Waals surface area contributed by atoms with E-state index < -0.39 is 0 Å². The van der Waals surface area contributed by atoms with E-state index in [4.69, 9.17) is 0 Å². The Balaban J connectivity index is 1.77. The second-order valence-electron chi connectivity index (χ2n) is 7.26. The lowest BCUT2D eigenvalue weighted by molar-refractivity contribution is 0.489. The molecule has 1 aliphatic heterocycles. The van der Waals surface area contributed by atoms with E-state index in [0.29, 0.717) is 6.04 Å². The summed E-state index contributed by atoms with van der Waals surface area (Å²) in [6, 6.07) is 0.433. The first-order valence-electron chi connectivity index (χ1n) is 9.48. The van der Waals surface area contributed by atoms with E-state index in [2.05, 4.69) is 51.2 Å². The maximum Gasteiger partial charge on any atom is 0.191 e. The summed E-state index contributed by atoms with van der Waals surface area (Å²) in [6.07, 6.45) is 8.12. The number of aliphatic imine (C=N–C) groups is 1. The predicted molar refractivity (Wildman–Crippen MR) is 99.3 cm³/mol. The molecule has 1 aromatic rings. The lowest BCUT2D eigenvalue weighted by Gasteiger charge is -2.18. The van der Waals surface area contributed by atoms with E-state index in [9.17, 15) is 0 Å². The minimum absolute atomic E-state index is 0.433. The van der Waals surface area contributed by atoms with Gasteiger partial charge in [-0.15, -0.1) is 10.2 Å². The third-order valence-electron chi connectivity index (χ3n) is 4.61. The van der Waals surface area contributed by atoms with Gasteiger partial charge in [0.25, 0.3) is 0 Å². The number of fused-ring (bicyclic) bond motifs is 1. The average molecular weight is 335 g/mol. The van der Waals surface area contributed by atoms with Gasteiger partial charge in [0, 0.05) is 39.0 Å². The van der Waals surface area contributed by atoms with Crippen molar-refractivity contribution in [2.75, 3.05) is 13.6 Å². The van der Waals surface area contributed by atoms with Crippen LogP contribution in [0.15, 0.2) is 4.99 Å². The molecule has 0 amide bonds. The molecule has 2 rings (SSSR count). The first-order chi connectivity index (χ1) is 11.6. The molecule has 0 radical (unpaired) electrons. The van der Waals surface area contributed by atoms with Crippen molar-refractivity contribution < 1.29 is 0 Å². The summed E-state index contributed by atoms with van der Waals surface area (Å²) in [5, 5.41) is 15.6. The van der Waals surface area contributed by atoms with Gasteiger partial charge in [0.05, 0.1) is 0 Å². The normalized spacial score (nSPS) is 16.6. The van der Waals surface area contributed by atoms with Crippen LogP contribution >= 0.6 is 0 Å². The highest BCUT2D eigenvalue weighted by molar-refractivity contribution is 5.79. The van der Waals surface area contributed by atoms with Crippen molar-refractivity contribution in [2.45, 2.75) is 78.3 Å². The quantitative estimate of drug-likeness (QED) is 0.594. The van der Waals surface area contributed by atoms with Gasteiger partial charge in [0.15, 0.2) is 5.96 Å². The molecular formula is C18H34N6. The molecule has 2 heterocycles. The van der Waals surface area contributed by atoms with Crippen LogP contribution in [-0.2, 0) is 19.4 Å². The molecule has 1 unspecified atom stereocenters. The van der Waals surface area contributed by atoms with Crippen molar-refractivity contribution in [1.29, 1.82) is 0 Å². The van der Waals surface area contributed by atoms with Crippen molar-refractivity contribution >= 4 is 5.96 Å². The van der Waals surface area contributed by atoms with Crippen LogP contribution in [0.4, 0.5) is 0 Å². The van der Waals surface area contributed by atoms with Crippen LogP contribution in [0.2, 0.25) is 0 Å². The summed E-state index contributed by atoms with van der Waals surface area (Å²) in [5.74, 6) is 3.88. The number of aryl methyl sites for hydroxylation is 1. The Hall–Kier alpha value is -1.59. The zero-order chi connectivity index (χ0) is 17.4. The summed E-state index contributed by atoms with van der Waals surface area (Å²) in [4.78, 5) is 4.33. The molecule has 0 fully saturated rings. The van der Waals surface area contributed by atoms with Crippen molar-refractivity contribution in [1.82, 2.24) is 25.4 Å². The molecule has 0 saturated heterocycles. The molecule has 1 aromatic heterocycles. The smallest absolute Gasteiger partial charge is 0.191 e. The van der Waals surface area contributed by atoms with Crippen LogP contribution in [0.1, 0.15) is 64.5 Å². The monoisotopic (exact) mass is 334 g/mol. The molecule has 2 N–H and O–H groups in total. The fraction of sp³-hybridized carbons (Fsp3) is 0.833. The highest BCUT2D eigenvalue weighted by Gasteiger charge is 2.14. The van der Waals surface area contributed by atoms with E-state index in [1.807, 2.05) is 7.05 Å². The van der Waals surface area contributed by atoms with Crippen LogP contribution in [0.5, 0.6) is 0 Å². The highest BCUT2D eigenvalue weighted by atomic mass is 15.3. The topological polar surface area (TPSA) is 67.1 Å². The van der Waals surface area contributed by atoms with Gasteiger partial charge in [-0.25, -0.2) is 0 Å². The molecule has 24 heavy (non-hydrogen) atoms. The highest BCUT2D eigenvalue weighted by Crippen LogP contribution is 2.14. The first-order valence-corrected chi connectivity index (χ1v) is 9.48. The number of aromatic nitrogens is 3. The Bertz CT molecular complexity index is 520. The summed E-state index contributed by atoms with van der Waals surface area (Å²) in [6.45, 7) is 8.64. The Morgan fingerprint density at radius 3 is 2.75 bits per heavy atom. The molecule has 0 spiro atoms. The largest absolute Gasteiger partial charge is 0.356 e. The van der Waals surface area contributed by atoms with Gasteiger partial charge in [-0.2, -0.15) is 0 Å². The minimum Gasteiger partial charge on any atom is -0.356 e. The SMILES string of the molecule is CN=C(NCCc1nnc2n1CCCCC2)NC(C)CCC(C)C. The van der Waals surface area contributed by atoms with Gasteiger partial charge in [-0.1, -0.05) is 20.3 Å². The Morgan fingerprint density at radius 1 is 1.17 bits per heavy atom. The number of nitrogens with zero attached hydrogens (tertiary/aromatic N) is 4. The summed E-state index contributed by atoms with van der Waals surface area (Å²) < 4.78 is 2.32. The second-order valence-corrected chi connectivity index (χ2v) is 7.26. The second kappa shape index (κ2) is 9.64. The van der Waals surface area contributed by atoms with E-state index >= 15 is 0 Å². The molecule has 0 bridgehead atoms. The number of nitrogens with one attached hydrogen (secondary N) is 2. The maximum atomic E-state index is 4.38. The van der Waals surface area contributed by atoms with Crippen molar-refractivity contribution in [3.05, 3.63) is 11.6 Å². The van der Waals surface area contributed by atoms with Gasteiger partial charge >= 0.3 is 0 Å². The zero-order valence-electron chi connectivity index (χ0n) is 15.8. The van der Waals surface area contributed by atoms with Crippen molar-refractivity contribution in [3.63, 3.8) is 0 Å². The van der Waals surface area contributed by atoms with Crippen LogP contribution < -0.4 is 10.6 Å². The van der Waals surface area contributed by atoms with E-state index in [1.54, 1.807) is 0 Å². The van der Waals surface area contributed by atoms with Gasteiger partial charge in [-0.3, -0.25) is 4.99 Å². The van der Waals surface area contributed by atoms with E-state index in [1.165, 1.54) is 25.7 Å². The zero-order valence-corrected chi connectivity index (χ0v) is 15.8. The maximum absolute atomic E-state index is 4.38.